The van der Waals surface area contributed by atoms with Gasteiger partial charge in [0.25, 0.3) is 0 Å². The van der Waals surface area contributed by atoms with E-state index in [0.29, 0.717) is 5.69 Å². The molecule has 4 nitrogen and oxygen atoms in total. The van der Waals surface area contributed by atoms with Crippen LogP contribution in [0.3, 0.4) is 0 Å². The Kier molecular flexibility index (Phi) is 1.74. The Morgan fingerprint density at radius 1 is 1.70 bits per heavy atom. The van der Waals surface area contributed by atoms with Crippen molar-refractivity contribution in [2.24, 2.45) is 5.90 Å². The van der Waals surface area contributed by atoms with E-state index in [1.807, 2.05) is 13.8 Å². The lowest BCUT2D eigenvalue weighted by Crippen LogP contribution is -2.25. The fourth-order valence-electron chi connectivity index (χ4n) is 0.583. The molecule has 0 aliphatic carbocycles. The van der Waals surface area contributed by atoms with E-state index in [1.165, 1.54) is 6.26 Å². The van der Waals surface area contributed by atoms with Crippen LogP contribution in [0.5, 0.6) is 0 Å². The van der Waals surface area contributed by atoms with E-state index in [4.69, 9.17) is 5.90 Å². The summed E-state index contributed by atoms with van der Waals surface area (Å²) in [6.45, 7) is 3.62. The first-order chi connectivity index (χ1) is 4.67. The fourth-order valence-corrected chi connectivity index (χ4v) is 0.583. The minimum atomic E-state index is -0.562. The quantitative estimate of drug-likeness (QED) is 0.620. The highest BCUT2D eigenvalue weighted by Crippen LogP contribution is 2.19. The molecule has 10 heavy (non-hydrogen) atoms. The Balaban J connectivity index is 2.85. The Labute approximate surface area is 58.9 Å². The molecule has 0 spiro atoms. The van der Waals surface area contributed by atoms with Crippen LogP contribution in [0.25, 0.3) is 0 Å². The van der Waals surface area contributed by atoms with Gasteiger partial charge >= 0.3 is 0 Å². The molecule has 0 aromatic carbocycles. The molecule has 1 aromatic heterocycles. The molecule has 0 atom stereocenters. The predicted molar refractivity (Wildman–Crippen MR) is 34.8 cm³/mol. The zero-order chi connectivity index (χ0) is 7.61. The van der Waals surface area contributed by atoms with Crippen molar-refractivity contribution in [3.8, 4) is 0 Å². The van der Waals surface area contributed by atoms with Crippen molar-refractivity contribution < 1.29 is 9.36 Å². The SMILES string of the molecule is CC(C)(ON)c1ccon1. The maximum absolute atomic E-state index is 5.02. The summed E-state index contributed by atoms with van der Waals surface area (Å²) in [5, 5.41) is 3.68. The number of hydrogen-bond donors (Lipinski definition) is 1. The largest absolute Gasteiger partial charge is 0.364 e. The molecule has 4 heteroatoms. The molecule has 2 N–H and O–H groups in total. The maximum Gasteiger partial charge on any atom is 0.129 e. The normalized spacial score (nSPS) is 11.9. The second-order valence-electron chi connectivity index (χ2n) is 2.51. The lowest BCUT2D eigenvalue weighted by Gasteiger charge is -2.17. The van der Waals surface area contributed by atoms with Crippen molar-refractivity contribution in [1.82, 2.24) is 5.16 Å². The van der Waals surface area contributed by atoms with Crippen molar-refractivity contribution in [2.75, 3.05) is 0 Å². The third-order valence-electron chi connectivity index (χ3n) is 1.35. The summed E-state index contributed by atoms with van der Waals surface area (Å²) in [7, 11) is 0. The van der Waals surface area contributed by atoms with E-state index in [0.717, 1.165) is 0 Å². The van der Waals surface area contributed by atoms with Crippen molar-refractivity contribution in [3.63, 3.8) is 0 Å². The molecule has 0 unspecified atom stereocenters. The number of hydrogen-bond acceptors (Lipinski definition) is 4. The summed E-state index contributed by atoms with van der Waals surface area (Å²) in [6.07, 6.45) is 1.48. The van der Waals surface area contributed by atoms with Crippen LogP contribution in [0.1, 0.15) is 19.5 Å². The van der Waals surface area contributed by atoms with Gasteiger partial charge in [-0.3, -0.25) is 4.84 Å². The first-order valence-corrected chi connectivity index (χ1v) is 2.95. The van der Waals surface area contributed by atoms with Gasteiger partial charge in [0.1, 0.15) is 17.6 Å². The minimum Gasteiger partial charge on any atom is -0.364 e. The average Bonchev–Trinajstić information content (AvgIpc) is 2.38. The van der Waals surface area contributed by atoms with E-state index < -0.39 is 5.60 Å². The summed E-state index contributed by atoms with van der Waals surface area (Å²) in [5.74, 6) is 5.02. The summed E-state index contributed by atoms with van der Waals surface area (Å²) in [6, 6.07) is 1.72. The first-order valence-electron chi connectivity index (χ1n) is 2.95. The van der Waals surface area contributed by atoms with Crippen molar-refractivity contribution in [3.05, 3.63) is 18.0 Å². The monoisotopic (exact) mass is 142 g/mol. The molecule has 1 heterocycles. The van der Waals surface area contributed by atoms with Crippen molar-refractivity contribution >= 4 is 0 Å². The highest BCUT2D eigenvalue weighted by molar-refractivity contribution is 5.05. The second-order valence-corrected chi connectivity index (χ2v) is 2.51. The molecule has 0 aliphatic heterocycles. The molecule has 0 amide bonds. The zero-order valence-electron chi connectivity index (χ0n) is 6.00. The Morgan fingerprint density at radius 3 is 2.80 bits per heavy atom. The van der Waals surface area contributed by atoms with E-state index in [9.17, 15) is 0 Å². The third kappa shape index (κ3) is 1.17. The molecular formula is C6H10N2O2. The first kappa shape index (κ1) is 7.24. The molecule has 1 aromatic rings. The van der Waals surface area contributed by atoms with Crippen molar-refractivity contribution in [2.45, 2.75) is 19.4 Å². The van der Waals surface area contributed by atoms with Gasteiger partial charge in [-0.2, -0.15) is 0 Å². The topological polar surface area (TPSA) is 61.3 Å². The number of rotatable bonds is 2. The molecule has 0 radical (unpaired) electrons. The van der Waals surface area contributed by atoms with Crippen LogP contribution in [0, 0.1) is 0 Å². The molecule has 0 fully saturated rings. The fraction of sp³-hybridized carbons (Fsp3) is 0.500. The molecule has 56 valence electrons. The van der Waals surface area contributed by atoms with Crippen LogP contribution < -0.4 is 5.90 Å². The van der Waals surface area contributed by atoms with Gasteiger partial charge in [0.15, 0.2) is 0 Å². The van der Waals surface area contributed by atoms with E-state index in [-0.39, 0.29) is 0 Å². The van der Waals surface area contributed by atoms with E-state index in [2.05, 4.69) is 14.5 Å². The number of nitrogens with zero attached hydrogens (tertiary/aromatic N) is 1. The number of aromatic nitrogens is 1. The van der Waals surface area contributed by atoms with Crippen LogP contribution in [0.2, 0.25) is 0 Å². The third-order valence-corrected chi connectivity index (χ3v) is 1.35. The van der Waals surface area contributed by atoms with Gasteiger partial charge in [-0.15, -0.1) is 0 Å². The molecule has 0 aliphatic rings. The highest BCUT2D eigenvalue weighted by Gasteiger charge is 2.23. The summed E-state index contributed by atoms with van der Waals surface area (Å²) in [5.41, 5.74) is 0.127. The van der Waals surface area contributed by atoms with Gasteiger partial charge in [-0.25, -0.2) is 5.90 Å². The second kappa shape index (κ2) is 2.40. The van der Waals surface area contributed by atoms with Gasteiger partial charge in [0.2, 0.25) is 0 Å². The lowest BCUT2D eigenvalue weighted by atomic mass is 10.1. The van der Waals surface area contributed by atoms with Gasteiger partial charge in [0, 0.05) is 6.07 Å². The number of nitrogens with two attached hydrogens (primary N) is 1. The smallest absolute Gasteiger partial charge is 0.129 e. The minimum absolute atomic E-state index is 0.562. The van der Waals surface area contributed by atoms with E-state index >= 15 is 0 Å². The summed E-state index contributed by atoms with van der Waals surface area (Å²) in [4.78, 5) is 4.66. The van der Waals surface area contributed by atoms with Crippen LogP contribution >= 0.6 is 0 Å². The molecule has 0 saturated carbocycles. The van der Waals surface area contributed by atoms with Gasteiger partial charge in [-0.1, -0.05) is 5.16 Å². The molecule has 1 rings (SSSR count). The molecule has 0 bridgehead atoms. The van der Waals surface area contributed by atoms with Crippen LogP contribution in [-0.2, 0) is 10.4 Å². The summed E-state index contributed by atoms with van der Waals surface area (Å²) >= 11 is 0. The van der Waals surface area contributed by atoms with Crippen molar-refractivity contribution in [1.29, 1.82) is 0 Å². The van der Waals surface area contributed by atoms with E-state index in [1.54, 1.807) is 6.07 Å². The van der Waals surface area contributed by atoms with Crippen LogP contribution in [0.4, 0.5) is 0 Å². The standard InChI is InChI=1S/C6H10N2O2/c1-6(2,10-7)5-3-4-9-8-5/h3-4H,7H2,1-2H3. The Bertz CT molecular complexity index is 194. The lowest BCUT2D eigenvalue weighted by molar-refractivity contribution is -0.0286. The molecular weight excluding hydrogens is 132 g/mol. The van der Waals surface area contributed by atoms with Crippen LogP contribution in [0.15, 0.2) is 16.9 Å². The van der Waals surface area contributed by atoms with Crippen LogP contribution in [-0.4, -0.2) is 5.16 Å². The highest BCUT2D eigenvalue weighted by atomic mass is 16.6. The predicted octanol–water partition coefficient (Wildman–Crippen LogP) is 0.800. The van der Waals surface area contributed by atoms with Gasteiger partial charge in [-0.05, 0) is 13.8 Å². The zero-order valence-corrected chi connectivity index (χ0v) is 6.00. The maximum atomic E-state index is 5.02. The molecule has 0 saturated heterocycles. The average molecular weight is 142 g/mol. The Hall–Kier alpha value is -0.870. The summed E-state index contributed by atoms with van der Waals surface area (Å²) < 4.78 is 4.62. The van der Waals surface area contributed by atoms with Gasteiger partial charge in [0.05, 0.1) is 0 Å². The van der Waals surface area contributed by atoms with Gasteiger partial charge < -0.3 is 4.52 Å². The Morgan fingerprint density at radius 2 is 2.40 bits per heavy atom.